The van der Waals surface area contributed by atoms with Crippen molar-refractivity contribution in [3.05, 3.63) is 108 Å². The van der Waals surface area contributed by atoms with Gasteiger partial charge >= 0.3 is 6.03 Å². The Morgan fingerprint density at radius 1 is 0.780 bits per heavy atom. The van der Waals surface area contributed by atoms with E-state index in [9.17, 15) is 18.0 Å². The van der Waals surface area contributed by atoms with Crippen molar-refractivity contribution >= 4 is 44.1 Å². The molecule has 12 heteroatoms. The van der Waals surface area contributed by atoms with Crippen LogP contribution in [0.15, 0.2) is 102 Å². The van der Waals surface area contributed by atoms with Gasteiger partial charge in [0.1, 0.15) is 0 Å². The molecule has 262 valence electrons. The second kappa shape index (κ2) is 17.0. The molecule has 0 atom stereocenters. The van der Waals surface area contributed by atoms with Crippen LogP contribution < -0.4 is 20.3 Å². The molecule has 0 aliphatic rings. The molecule has 0 aliphatic carbocycles. The van der Waals surface area contributed by atoms with Crippen molar-refractivity contribution in [3.8, 4) is 11.1 Å². The third kappa shape index (κ3) is 9.48. The molecule has 4 N–H and O–H groups in total. The molecule has 0 unspecified atom stereocenters. The van der Waals surface area contributed by atoms with E-state index in [1.165, 1.54) is 0 Å². The number of carbonyl (C=O) groups is 2. The van der Waals surface area contributed by atoms with Crippen LogP contribution in [0.5, 0.6) is 0 Å². The second-order valence-electron chi connectivity index (χ2n) is 12.5. The van der Waals surface area contributed by atoms with E-state index in [1.807, 2.05) is 85.9 Å². The maximum absolute atomic E-state index is 13.1. The number of amides is 3. The average molecular weight is 696 g/mol. The number of sulfonamides is 1. The minimum atomic E-state index is -3.64. The van der Waals surface area contributed by atoms with Crippen LogP contribution in [0.2, 0.25) is 0 Å². The number of carbonyl (C=O) groups excluding carboxylic acids is 2. The van der Waals surface area contributed by atoms with Crippen LogP contribution in [0, 0.1) is 0 Å². The first-order chi connectivity index (χ1) is 24.1. The van der Waals surface area contributed by atoms with Gasteiger partial charge in [0.25, 0.3) is 5.91 Å². The summed E-state index contributed by atoms with van der Waals surface area (Å²) in [4.78, 5) is 29.4. The number of rotatable bonds is 16. The highest BCUT2D eigenvalue weighted by Crippen LogP contribution is 2.30. The number of aromatic nitrogens is 2. The molecule has 0 radical (unpaired) electrons. The summed E-state index contributed by atoms with van der Waals surface area (Å²) in [6, 6.07) is 25.6. The maximum Gasteiger partial charge on any atom is 0.321 e. The lowest BCUT2D eigenvalue weighted by atomic mass is 10.1. The molecule has 1 heterocycles. The molecule has 1 aromatic heterocycles. The Labute approximate surface area is 294 Å². The van der Waals surface area contributed by atoms with Gasteiger partial charge in [0, 0.05) is 80.2 Å². The molecule has 0 saturated carbocycles. The van der Waals surface area contributed by atoms with Gasteiger partial charge in [-0.2, -0.15) is 5.10 Å². The fourth-order valence-electron chi connectivity index (χ4n) is 5.79. The Morgan fingerprint density at radius 2 is 1.48 bits per heavy atom. The van der Waals surface area contributed by atoms with E-state index in [0.29, 0.717) is 41.2 Å². The van der Waals surface area contributed by atoms with Crippen LogP contribution in [0.4, 0.5) is 16.2 Å². The first-order valence-corrected chi connectivity index (χ1v) is 18.3. The normalized spacial score (nSPS) is 11.3. The highest BCUT2D eigenvalue weighted by molar-refractivity contribution is 7.89. The number of nitrogens with one attached hydrogen (secondary N) is 4. The SMILES string of the molecule is CN(Cc1cccc(C(=O)NCCCCCCCNS(=O)(=O)c2cccc3c(N(C)C)cccc23)c1)C(=O)Nc1ccc(-c2cn[nH]c2)cc1. The Balaban J connectivity index is 0.982. The number of anilines is 2. The maximum atomic E-state index is 13.1. The zero-order chi connectivity index (χ0) is 35.5. The van der Waals surface area contributed by atoms with Gasteiger partial charge in [-0.15, -0.1) is 0 Å². The quantitative estimate of drug-likeness (QED) is 0.0857. The molecule has 4 aromatic carbocycles. The van der Waals surface area contributed by atoms with Crippen LogP contribution >= 0.6 is 0 Å². The Hall–Kier alpha value is -5.20. The number of fused-ring (bicyclic) bond motifs is 1. The minimum Gasteiger partial charge on any atom is -0.377 e. The lowest BCUT2D eigenvalue weighted by Crippen LogP contribution is -2.31. The van der Waals surface area contributed by atoms with Gasteiger partial charge in [0.15, 0.2) is 0 Å². The zero-order valence-electron chi connectivity index (χ0n) is 28.8. The van der Waals surface area contributed by atoms with Crippen LogP contribution in [0.1, 0.15) is 48.0 Å². The van der Waals surface area contributed by atoms with Crippen molar-refractivity contribution in [1.82, 2.24) is 25.1 Å². The third-order valence-electron chi connectivity index (χ3n) is 8.48. The number of unbranched alkanes of at least 4 members (excludes halogenated alkanes) is 4. The molecular formula is C38H45N7O4S. The lowest BCUT2D eigenvalue weighted by Gasteiger charge is -2.18. The van der Waals surface area contributed by atoms with Gasteiger partial charge in [0.05, 0.1) is 11.1 Å². The molecule has 3 amide bonds. The van der Waals surface area contributed by atoms with Gasteiger partial charge in [0.2, 0.25) is 10.0 Å². The summed E-state index contributed by atoms with van der Waals surface area (Å²) < 4.78 is 29.0. The lowest BCUT2D eigenvalue weighted by molar-refractivity contribution is 0.0952. The minimum absolute atomic E-state index is 0.155. The number of nitrogens with zero attached hydrogens (tertiary/aromatic N) is 3. The van der Waals surface area contributed by atoms with Crippen molar-refractivity contribution in [1.29, 1.82) is 0 Å². The van der Waals surface area contributed by atoms with Gasteiger partial charge in [-0.1, -0.05) is 67.8 Å². The Kier molecular flexibility index (Phi) is 12.2. The van der Waals surface area contributed by atoms with Crippen LogP contribution in [0.25, 0.3) is 21.9 Å². The molecule has 50 heavy (non-hydrogen) atoms. The molecule has 0 aliphatic heterocycles. The molecule has 0 fully saturated rings. The summed E-state index contributed by atoms with van der Waals surface area (Å²) >= 11 is 0. The summed E-state index contributed by atoms with van der Waals surface area (Å²) in [5, 5.41) is 14.2. The zero-order valence-corrected chi connectivity index (χ0v) is 29.6. The fourth-order valence-corrected chi connectivity index (χ4v) is 7.08. The van der Waals surface area contributed by atoms with Gasteiger partial charge in [-0.3, -0.25) is 9.89 Å². The van der Waals surface area contributed by atoms with Gasteiger partial charge < -0.3 is 20.4 Å². The van der Waals surface area contributed by atoms with Crippen LogP contribution in [-0.2, 0) is 16.6 Å². The number of urea groups is 1. The molecular weight excluding hydrogens is 651 g/mol. The van der Waals surface area contributed by atoms with E-state index in [2.05, 4.69) is 25.6 Å². The molecule has 5 rings (SSSR count). The summed E-state index contributed by atoms with van der Waals surface area (Å²) in [7, 11) is 1.95. The van der Waals surface area contributed by atoms with E-state index in [0.717, 1.165) is 59.9 Å². The van der Waals surface area contributed by atoms with E-state index in [1.54, 1.807) is 42.4 Å². The average Bonchev–Trinajstić information content (AvgIpc) is 3.66. The monoisotopic (exact) mass is 695 g/mol. The largest absolute Gasteiger partial charge is 0.377 e. The van der Waals surface area contributed by atoms with Crippen molar-refractivity contribution in [2.24, 2.45) is 0 Å². The molecule has 5 aromatic rings. The Morgan fingerprint density at radius 3 is 2.22 bits per heavy atom. The molecule has 0 spiro atoms. The predicted molar refractivity (Wildman–Crippen MR) is 200 cm³/mol. The number of hydrogen-bond donors (Lipinski definition) is 4. The standard InChI is InChI=1S/C38H45N7O4S/c1-44(2)35-16-10-15-34-33(35)14-11-17-36(34)50(48,49)42-23-8-6-4-5-7-22-39-37(46)30-13-9-12-28(24-30)27-45(3)38(47)43-32-20-18-29(19-21-32)31-25-40-41-26-31/h9-21,24-26,42H,4-8,22-23,27H2,1-3H3,(H,39,46)(H,40,41)(H,43,47). The highest BCUT2D eigenvalue weighted by Gasteiger charge is 2.18. The second-order valence-corrected chi connectivity index (χ2v) is 14.2. The number of benzene rings is 4. The van der Waals surface area contributed by atoms with Crippen LogP contribution in [0.3, 0.4) is 0 Å². The fraction of sp³-hybridized carbons (Fsp3) is 0.289. The van der Waals surface area contributed by atoms with Crippen molar-refractivity contribution in [2.45, 2.75) is 43.5 Å². The predicted octanol–water partition coefficient (Wildman–Crippen LogP) is 6.62. The number of aromatic amines is 1. The first-order valence-electron chi connectivity index (χ1n) is 16.8. The van der Waals surface area contributed by atoms with E-state index in [4.69, 9.17) is 0 Å². The summed E-state index contributed by atoms with van der Waals surface area (Å²) in [5.41, 5.74) is 5.01. The summed E-state index contributed by atoms with van der Waals surface area (Å²) in [6.45, 7) is 1.26. The molecule has 0 saturated heterocycles. The van der Waals surface area contributed by atoms with Crippen molar-refractivity contribution in [3.63, 3.8) is 0 Å². The van der Waals surface area contributed by atoms with Gasteiger partial charge in [-0.25, -0.2) is 17.9 Å². The molecule has 11 nitrogen and oxygen atoms in total. The van der Waals surface area contributed by atoms with Crippen LogP contribution in [-0.4, -0.2) is 69.7 Å². The third-order valence-corrected chi connectivity index (χ3v) is 10.0. The number of H-pyrrole nitrogens is 1. The van der Waals surface area contributed by atoms with E-state index in [-0.39, 0.29) is 11.9 Å². The summed E-state index contributed by atoms with van der Waals surface area (Å²) in [5.74, 6) is -0.155. The van der Waals surface area contributed by atoms with E-state index >= 15 is 0 Å². The van der Waals surface area contributed by atoms with Gasteiger partial charge in [-0.05, 0) is 60.4 Å². The van der Waals surface area contributed by atoms with Crippen molar-refractivity contribution < 1.29 is 18.0 Å². The summed E-state index contributed by atoms with van der Waals surface area (Å²) in [6.07, 6.45) is 7.86. The number of hydrogen-bond acceptors (Lipinski definition) is 6. The Bertz CT molecular complexity index is 2000. The van der Waals surface area contributed by atoms with Crippen molar-refractivity contribution in [2.75, 3.05) is 44.4 Å². The highest BCUT2D eigenvalue weighted by atomic mass is 32.2. The first kappa shape index (κ1) is 36.1. The van der Waals surface area contributed by atoms with E-state index < -0.39 is 10.0 Å². The molecule has 0 bridgehead atoms. The smallest absolute Gasteiger partial charge is 0.321 e. The topological polar surface area (TPSA) is 140 Å².